The molecule has 0 aliphatic rings. The topological polar surface area (TPSA) is 29.9 Å². The summed E-state index contributed by atoms with van der Waals surface area (Å²) in [6.07, 6.45) is 4.93. The molecule has 19 heavy (non-hydrogen) atoms. The lowest BCUT2D eigenvalue weighted by molar-refractivity contribution is 0.507. The Balaban J connectivity index is 1.79. The SMILES string of the molecule is Cc1cc(C)cc(C(C)NCCCn2cccn2)c1. The number of nitrogens with zero attached hydrogens (tertiary/aromatic N) is 2. The van der Waals surface area contributed by atoms with Gasteiger partial charge in [0.2, 0.25) is 0 Å². The van der Waals surface area contributed by atoms with Gasteiger partial charge in [0.1, 0.15) is 0 Å². The lowest BCUT2D eigenvalue weighted by atomic mass is 10.0. The van der Waals surface area contributed by atoms with Crippen LogP contribution in [0.15, 0.2) is 36.7 Å². The van der Waals surface area contributed by atoms with Crippen molar-refractivity contribution in [2.75, 3.05) is 6.54 Å². The van der Waals surface area contributed by atoms with Crippen LogP contribution < -0.4 is 5.32 Å². The summed E-state index contributed by atoms with van der Waals surface area (Å²) >= 11 is 0. The summed E-state index contributed by atoms with van der Waals surface area (Å²) in [7, 11) is 0. The van der Waals surface area contributed by atoms with E-state index < -0.39 is 0 Å². The first-order valence-electron chi connectivity index (χ1n) is 6.94. The quantitative estimate of drug-likeness (QED) is 0.805. The van der Waals surface area contributed by atoms with Gasteiger partial charge in [0.15, 0.2) is 0 Å². The van der Waals surface area contributed by atoms with Crippen molar-refractivity contribution in [3.05, 3.63) is 53.3 Å². The Bertz CT molecular complexity index is 482. The molecule has 2 aromatic rings. The van der Waals surface area contributed by atoms with E-state index in [1.807, 2.05) is 23.1 Å². The van der Waals surface area contributed by atoms with E-state index in [9.17, 15) is 0 Å². The highest BCUT2D eigenvalue weighted by Gasteiger charge is 2.05. The minimum absolute atomic E-state index is 0.399. The Kier molecular flexibility index (Phi) is 4.74. The van der Waals surface area contributed by atoms with Crippen LogP contribution in [0.4, 0.5) is 0 Å². The molecule has 0 aliphatic heterocycles. The maximum Gasteiger partial charge on any atom is 0.0489 e. The molecule has 3 nitrogen and oxygen atoms in total. The van der Waals surface area contributed by atoms with E-state index in [2.05, 4.69) is 49.4 Å². The van der Waals surface area contributed by atoms with E-state index in [1.54, 1.807) is 0 Å². The molecule has 1 heterocycles. The van der Waals surface area contributed by atoms with Gasteiger partial charge >= 0.3 is 0 Å². The van der Waals surface area contributed by atoms with Crippen molar-refractivity contribution in [2.45, 2.75) is 39.8 Å². The number of hydrogen-bond donors (Lipinski definition) is 1. The third-order valence-corrected chi connectivity index (χ3v) is 3.32. The number of rotatable bonds is 6. The summed E-state index contributed by atoms with van der Waals surface area (Å²) in [4.78, 5) is 0. The molecule has 0 aliphatic carbocycles. The Hall–Kier alpha value is -1.61. The van der Waals surface area contributed by atoms with Crippen LogP contribution in [-0.2, 0) is 6.54 Å². The standard InChI is InChI=1S/C16H23N3/c1-13-10-14(2)12-16(11-13)15(3)17-6-4-8-19-9-5-7-18-19/h5,7,9-12,15,17H,4,6,8H2,1-3H3. The molecule has 2 rings (SSSR count). The zero-order chi connectivity index (χ0) is 13.7. The van der Waals surface area contributed by atoms with Crippen molar-refractivity contribution in [1.29, 1.82) is 0 Å². The molecule has 1 aromatic carbocycles. The smallest absolute Gasteiger partial charge is 0.0489 e. The van der Waals surface area contributed by atoms with Crippen LogP contribution in [0.2, 0.25) is 0 Å². The van der Waals surface area contributed by atoms with Crippen LogP contribution >= 0.6 is 0 Å². The van der Waals surface area contributed by atoms with Crippen molar-refractivity contribution >= 4 is 0 Å². The predicted molar refractivity (Wildman–Crippen MR) is 79.2 cm³/mol. The number of benzene rings is 1. The fourth-order valence-electron chi connectivity index (χ4n) is 2.37. The first kappa shape index (κ1) is 13.8. The second-order valence-corrected chi connectivity index (χ2v) is 5.22. The summed E-state index contributed by atoms with van der Waals surface area (Å²) < 4.78 is 1.98. The minimum atomic E-state index is 0.399. The third kappa shape index (κ3) is 4.21. The van der Waals surface area contributed by atoms with Crippen LogP contribution in [0.3, 0.4) is 0 Å². The molecule has 0 spiro atoms. The van der Waals surface area contributed by atoms with Gasteiger partial charge in [-0.1, -0.05) is 29.3 Å². The minimum Gasteiger partial charge on any atom is -0.310 e. The van der Waals surface area contributed by atoms with Crippen molar-refractivity contribution in [1.82, 2.24) is 15.1 Å². The summed E-state index contributed by atoms with van der Waals surface area (Å²) in [5, 5.41) is 7.78. The van der Waals surface area contributed by atoms with E-state index in [-0.39, 0.29) is 0 Å². The van der Waals surface area contributed by atoms with E-state index in [0.29, 0.717) is 6.04 Å². The number of aryl methyl sites for hydroxylation is 3. The molecule has 0 fully saturated rings. The molecule has 0 amide bonds. The summed E-state index contributed by atoms with van der Waals surface area (Å²) in [5.41, 5.74) is 4.04. The molecular weight excluding hydrogens is 234 g/mol. The average molecular weight is 257 g/mol. The highest BCUT2D eigenvalue weighted by atomic mass is 15.3. The zero-order valence-electron chi connectivity index (χ0n) is 12.1. The number of aromatic nitrogens is 2. The first-order chi connectivity index (χ1) is 9.15. The van der Waals surface area contributed by atoms with Gasteiger partial charge in [-0.3, -0.25) is 4.68 Å². The Labute approximate surface area is 115 Å². The molecule has 1 aromatic heterocycles. The largest absolute Gasteiger partial charge is 0.310 e. The Morgan fingerprint density at radius 1 is 1.21 bits per heavy atom. The van der Waals surface area contributed by atoms with E-state index in [4.69, 9.17) is 0 Å². The van der Waals surface area contributed by atoms with Crippen LogP contribution in [0, 0.1) is 13.8 Å². The monoisotopic (exact) mass is 257 g/mol. The molecule has 0 bridgehead atoms. The van der Waals surface area contributed by atoms with Crippen LogP contribution in [0.25, 0.3) is 0 Å². The van der Waals surface area contributed by atoms with Crippen molar-refractivity contribution in [3.8, 4) is 0 Å². The molecule has 102 valence electrons. The molecular formula is C16H23N3. The zero-order valence-corrected chi connectivity index (χ0v) is 12.1. The molecule has 0 saturated carbocycles. The van der Waals surface area contributed by atoms with E-state index in [0.717, 1.165) is 19.5 Å². The van der Waals surface area contributed by atoms with Gasteiger partial charge in [0, 0.05) is 25.0 Å². The fourth-order valence-corrected chi connectivity index (χ4v) is 2.37. The number of hydrogen-bond acceptors (Lipinski definition) is 2. The second kappa shape index (κ2) is 6.53. The van der Waals surface area contributed by atoms with Crippen molar-refractivity contribution < 1.29 is 0 Å². The highest BCUT2D eigenvalue weighted by Crippen LogP contribution is 2.16. The van der Waals surface area contributed by atoms with Crippen molar-refractivity contribution in [3.63, 3.8) is 0 Å². The fraction of sp³-hybridized carbons (Fsp3) is 0.438. The summed E-state index contributed by atoms with van der Waals surface area (Å²) in [6.45, 7) is 8.51. The van der Waals surface area contributed by atoms with E-state index in [1.165, 1.54) is 16.7 Å². The maximum absolute atomic E-state index is 4.20. The van der Waals surface area contributed by atoms with Crippen LogP contribution in [0.5, 0.6) is 0 Å². The Morgan fingerprint density at radius 3 is 2.58 bits per heavy atom. The number of nitrogens with one attached hydrogen (secondary N) is 1. The van der Waals surface area contributed by atoms with Crippen LogP contribution in [-0.4, -0.2) is 16.3 Å². The van der Waals surface area contributed by atoms with Gasteiger partial charge in [-0.2, -0.15) is 5.10 Å². The van der Waals surface area contributed by atoms with Gasteiger partial charge in [0.05, 0.1) is 0 Å². The van der Waals surface area contributed by atoms with Crippen LogP contribution in [0.1, 0.15) is 36.1 Å². The van der Waals surface area contributed by atoms with Gasteiger partial charge in [0.25, 0.3) is 0 Å². The predicted octanol–water partition coefficient (Wildman–Crippen LogP) is 3.24. The third-order valence-electron chi connectivity index (χ3n) is 3.32. The lowest BCUT2D eigenvalue weighted by Crippen LogP contribution is -2.21. The Morgan fingerprint density at radius 2 is 1.95 bits per heavy atom. The van der Waals surface area contributed by atoms with Gasteiger partial charge in [-0.05, 0) is 45.4 Å². The van der Waals surface area contributed by atoms with Crippen molar-refractivity contribution in [2.24, 2.45) is 0 Å². The van der Waals surface area contributed by atoms with Gasteiger partial charge < -0.3 is 5.32 Å². The van der Waals surface area contributed by atoms with Gasteiger partial charge in [-0.15, -0.1) is 0 Å². The first-order valence-corrected chi connectivity index (χ1v) is 6.94. The summed E-state index contributed by atoms with van der Waals surface area (Å²) in [6, 6.07) is 9.10. The lowest BCUT2D eigenvalue weighted by Gasteiger charge is -2.15. The highest BCUT2D eigenvalue weighted by molar-refractivity contribution is 5.30. The normalized spacial score (nSPS) is 12.6. The molecule has 0 saturated heterocycles. The van der Waals surface area contributed by atoms with E-state index >= 15 is 0 Å². The van der Waals surface area contributed by atoms with Gasteiger partial charge in [-0.25, -0.2) is 0 Å². The summed E-state index contributed by atoms with van der Waals surface area (Å²) in [5.74, 6) is 0. The second-order valence-electron chi connectivity index (χ2n) is 5.22. The molecule has 3 heteroatoms. The average Bonchev–Trinajstić information content (AvgIpc) is 2.86. The molecule has 1 N–H and O–H groups in total. The maximum atomic E-state index is 4.20. The molecule has 0 radical (unpaired) electrons. The molecule has 1 unspecified atom stereocenters. The molecule has 1 atom stereocenters.